The second kappa shape index (κ2) is 6.61. The number of nitrogens with one attached hydrogen (secondary N) is 2. The van der Waals surface area contributed by atoms with E-state index in [1.165, 1.54) is 6.92 Å². The second-order valence-electron chi connectivity index (χ2n) is 4.99. The molecular weight excluding hydrogens is 256 g/mol. The first kappa shape index (κ1) is 14.7. The van der Waals surface area contributed by atoms with Crippen molar-refractivity contribution in [1.82, 2.24) is 0 Å². The molecule has 0 aliphatic heterocycles. The van der Waals surface area contributed by atoms with Gasteiger partial charge in [0.1, 0.15) is 5.75 Å². The number of benzene rings is 1. The van der Waals surface area contributed by atoms with Crippen LogP contribution in [0.4, 0.5) is 11.4 Å². The summed E-state index contributed by atoms with van der Waals surface area (Å²) in [5.74, 6) is 0.549. The Morgan fingerprint density at radius 2 is 2.15 bits per heavy atom. The maximum atomic E-state index is 11.1. The van der Waals surface area contributed by atoms with E-state index in [0.717, 1.165) is 25.1 Å². The van der Waals surface area contributed by atoms with Crippen molar-refractivity contribution < 1.29 is 14.3 Å². The normalized spacial score (nSPS) is 20.9. The van der Waals surface area contributed by atoms with Gasteiger partial charge in [-0.25, -0.2) is 0 Å². The molecule has 0 bridgehead atoms. The minimum atomic E-state index is -0.109. The highest BCUT2D eigenvalue weighted by molar-refractivity contribution is 5.90. The Balaban J connectivity index is 1.94. The van der Waals surface area contributed by atoms with Crippen LogP contribution in [-0.4, -0.2) is 31.8 Å². The predicted octanol–water partition coefficient (Wildman–Crippen LogP) is 2.63. The zero-order valence-electron chi connectivity index (χ0n) is 12.2. The van der Waals surface area contributed by atoms with E-state index in [2.05, 4.69) is 10.6 Å². The summed E-state index contributed by atoms with van der Waals surface area (Å²) in [6, 6.07) is 6.14. The van der Waals surface area contributed by atoms with Gasteiger partial charge in [-0.2, -0.15) is 0 Å². The molecule has 1 aromatic rings. The summed E-state index contributed by atoms with van der Waals surface area (Å²) in [5, 5.41) is 6.19. The van der Waals surface area contributed by atoms with Crippen LogP contribution in [-0.2, 0) is 9.53 Å². The predicted molar refractivity (Wildman–Crippen MR) is 79.4 cm³/mol. The molecule has 20 heavy (non-hydrogen) atoms. The van der Waals surface area contributed by atoms with E-state index in [1.807, 2.05) is 25.1 Å². The van der Waals surface area contributed by atoms with Gasteiger partial charge < -0.3 is 20.1 Å². The molecule has 0 spiro atoms. The van der Waals surface area contributed by atoms with Crippen LogP contribution in [0.5, 0.6) is 5.75 Å². The molecule has 0 unspecified atom stereocenters. The van der Waals surface area contributed by atoms with Gasteiger partial charge in [0.25, 0.3) is 0 Å². The zero-order valence-corrected chi connectivity index (χ0v) is 12.2. The number of ether oxygens (including phenoxy) is 2. The lowest BCUT2D eigenvalue weighted by atomic mass is 9.89. The van der Waals surface area contributed by atoms with E-state index in [4.69, 9.17) is 9.47 Å². The van der Waals surface area contributed by atoms with Crippen LogP contribution in [0.1, 0.15) is 26.7 Å². The summed E-state index contributed by atoms with van der Waals surface area (Å²) in [6.07, 6.45) is 2.45. The zero-order chi connectivity index (χ0) is 14.5. The third-order valence-corrected chi connectivity index (χ3v) is 3.38. The smallest absolute Gasteiger partial charge is 0.221 e. The number of hydrogen-bond acceptors (Lipinski definition) is 4. The Morgan fingerprint density at radius 1 is 1.40 bits per heavy atom. The van der Waals surface area contributed by atoms with Crippen molar-refractivity contribution in [3.05, 3.63) is 18.2 Å². The molecule has 1 saturated carbocycles. The molecule has 110 valence electrons. The van der Waals surface area contributed by atoms with Crippen LogP contribution in [0.15, 0.2) is 18.2 Å². The topological polar surface area (TPSA) is 59.6 Å². The van der Waals surface area contributed by atoms with E-state index in [1.54, 1.807) is 7.11 Å². The van der Waals surface area contributed by atoms with E-state index >= 15 is 0 Å². The monoisotopic (exact) mass is 278 g/mol. The average Bonchev–Trinajstić information content (AvgIpc) is 2.37. The molecule has 0 radical (unpaired) electrons. The summed E-state index contributed by atoms with van der Waals surface area (Å²) in [5.41, 5.74) is 1.68. The molecule has 2 N–H and O–H groups in total. The van der Waals surface area contributed by atoms with Crippen LogP contribution in [0.2, 0.25) is 0 Å². The largest absolute Gasteiger partial charge is 0.494 e. The summed E-state index contributed by atoms with van der Waals surface area (Å²) >= 11 is 0. The fourth-order valence-electron chi connectivity index (χ4n) is 2.36. The van der Waals surface area contributed by atoms with Crippen LogP contribution in [0.3, 0.4) is 0 Å². The van der Waals surface area contributed by atoms with Gasteiger partial charge in [-0.15, -0.1) is 0 Å². The van der Waals surface area contributed by atoms with E-state index in [0.29, 0.717) is 23.6 Å². The first-order chi connectivity index (χ1) is 9.62. The molecule has 1 aliphatic rings. The average molecular weight is 278 g/mol. The number of methoxy groups -OCH3 is 1. The Kier molecular flexibility index (Phi) is 4.84. The van der Waals surface area contributed by atoms with Gasteiger partial charge in [-0.1, -0.05) is 0 Å². The van der Waals surface area contributed by atoms with Crippen molar-refractivity contribution in [2.24, 2.45) is 0 Å². The fourth-order valence-corrected chi connectivity index (χ4v) is 2.36. The first-order valence-electron chi connectivity index (χ1n) is 6.96. The number of amides is 1. The quantitative estimate of drug-likeness (QED) is 0.840. The number of carbonyl (C=O) groups is 1. The molecule has 0 saturated heterocycles. The van der Waals surface area contributed by atoms with Crippen LogP contribution >= 0.6 is 0 Å². The Hall–Kier alpha value is -1.75. The molecule has 2 rings (SSSR count). The number of hydrogen-bond donors (Lipinski definition) is 2. The molecule has 5 heteroatoms. The van der Waals surface area contributed by atoms with Gasteiger partial charge in [0.05, 0.1) is 18.9 Å². The van der Waals surface area contributed by atoms with Gasteiger partial charge >= 0.3 is 0 Å². The standard InChI is InChI=1S/C15H22N2O3/c1-4-20-13-7-12(8-13)17-11-5-6-14(16-10(2)18)15(9-11)19-3/h5-6,9,12-13,17H,4,7-8H2,1-3H3,(H,16,18). The van der Waals surface area contributed by atoms with E-state index < -0.39 is 0 Å². The molecule has 5 nitrogen and oxygen atoms in total. The number of rotatable bonds is 6. The maximum absolute atomic E-state index is 11.1. The fraction of sp³-hybridized carbons (Fsp3) is 0.533. The van der Waals surface area contributed by atoms with Gasteiger partial charge in [0, 0.05) is 31.3 Å². The third-order valence-electron chi connectivity index (χ3n) is 3.38. The molecule has 1 fully saturated rings. The van der Waals surface area contributed by atoms with Gasteiger partial charge in [0.15, 0.2) is 0 Å². The molecule has 0 aromatic heterocycles. The van der Waals surface area contributed by atoms with Gasteiger partial charge in [0.2, 0.25) is 5.91 Å². The summed E-state index contributed by atoms with van der Waals surface area (Å²) in [7, 11) is 1.60. The Labute approximate surface area is 119 Å². The van der Waals surface area contributed by atoms with Crippen molar-refractivity contribution in [3.8, 4) is 5.75 Å². The highest BCUT2D eigenvalue weighted by atomic mass is 16.5. The summed E-state index contributed by atoms with van der Waals surface area (Å²) in [4.78, 5) is 11.1. The van der Waals surface area contributed by atoms with Crippen molar-refractivity contribution in [3.63, 3.8) is 0 Å². The molecular formula is C15H22N2O3. The van der Waals surface area contributed by atoms with E-state index in [-0.39, 0.29) is 5.91 Å². The highest BCUT2D eigenvalue weighted by Gasteiger charge is 2.29. The van der Waals surface area contributed by atoms with Crippen molar-refractivity contribution in [2.75, 3.05) is 24.4 Å². The SMILES string of the molecule is CCOC1CC(Nc2ccc(NC(C)=O)c(OC)c2)C1. The third kappa shape index (κ3) is 3.63. The van der Waals surface area contributed by atoms with Gasteiger partial charge in [-0.05, 0) is 31.9 Å². The minimum Gasteiger partial charge on any atom is -0.494 e. The first-order valence-corrected chi connectivity index (χ1v) is 6.96. The molecule has 1 aliphatic carbocycles. The van der Waals surface area contributed by atoms with Gasteiger partial charge in [-0.3, -0.25) is 4.79 Å². The Bertz CT molecular complexity index is 470. The van der Waals surface area contributed by atoms with Crippen molar-refractivity contribution in [1.29, 1.82) is 0 Å². The number of anilines is 2. The van der Waals surface area contributed by atoms with E-state index in [9.17, 15) is 4.79 Å². The summed E-state index contributed by atoms with van der Waals surface area (Å²) in [6.45, 7) is 4.27. The van der Waals surface area contributed by atoms with Crippen LogP contribution in [0.25, 0.3) is 0 Å². The lowest BCUT2D eigenvalue weighted by molar-refractivity contribution is -0.114. The second-order valence-corrected chi connectivity index (χ2v) is 4.99. The Morgan fingerprint density at radius 3 is 2.75 bits per heavy atom. The minimum absolute atomic E-state index is 0.109. The summed E-state index contributed by atoms with van der Waals surface area (Å²) < 4.78 is 10.8. The van der Waals surface area contributed by atoms with Crippen LogP contribution in [0, 0.1) is 0 Å². The molecule has 0 heterocycles. The maximum Gasteiger partial charge on any atom is 0.221 e. The van der Waals surface area contributed by atoms with Crippen LogP contribution < -0.4 is 15.4 Å². The highest BCUT2D eigenvalue weighted by Crippen LogP contribution is 2.31. The molecule has 1 amide bonds. The number of carbonyl (C=O) groups excluding carboxylic acids is 1. The molecule has 1 aromatic carbocycles. The van der Waals surface area contributed by atoms with Crippen molar-refractivity contribution >= 4 is 17.3 Å². The molecule has 0 atom stereocenters. The lowest BCUT2D eigenvalue weighted by Gasteiger charge is -2.36. The lowest BCUT2D eigenvalue weighted by Crippen LogP contribution is -2.40. The van der Waals surface area contributed by atoms with Crippen molar-refractivity contribution in [2.45, 2.75) is 38.8 Å².